The summed E-state index contributed by atoms with van der Waals surface area (Å²) in [6.45, 7) is 3.85. The number of halogens is 1. The van der Waals surface area contributed by atoms with Crippen LogP contribution in [0.15, 0.2) is 71.6 Å². The van der Waals surface area contributed by atoms with Gasteiger partial charge in [-0.1, -0.05) is 47.5 Å². The van der Waals surface area contributed by atoms with E-state index >= 15 is 0 Å². The minimum Gasteiger partial charge on any atom is -0.495 e. The molecule has 0 saturated heterocycles. The Hall–Kier alpha value is -2.68. The number of carbonyl (C=O) groups is 1. The second kappa shape index (κ2) is 13.0. The first-order valence-corrected chi connectivity index (χ1v) is 14.5. The molecule has 0 bridgehead atoms. The Kier molecular flexibility index (Phi) is 10.1. The van der Waals surface area contributed by atoms with E-state index in [1.54, 1.807) is 48.2 Å². The minimum absolute atomic E-state index is 0.114. The summed E-state index contributed by atoms with van der Waals surface area (Å²) in [4.78, 5) is 13.0. The minimum atomic E-state index is -4.01. The molecule has 0 aliphatic carbocycles. The van der Waals surface area contributed by atoms with Crippen LogP contribution in [0.1, 0.15) is 23.1 Å². The number of carbonyl (C=O) groups excluding carboxylic acids is 1. The highest BCUT2D eigenvalue weighted by atomic mass is 35.5. The number of sulfonamides is 1. The molecule has 6 nitrogen and oxygen atoms in total. The molecule has 0 aliphatic rings. The third-order valence-electron chi connectivity index (χ3n) is 5.47. The van der Waals surface area contributed by atoms with Gasteiger partial charge in [0.25, 0.3) is 10.0 Å². The number of hydrogen-bond donors (Lipinski definition) is 1. The summed E-state index contributed by atoms with van der Waals surface area (Å²) in [5.74, 6) is 1.72. The highest BCUT2D eigenvalue weighted by Crippen LogP contribution is 2.33. The van der Waals surface area contributed by atoms with Crippen LogP contribution in [0, 0.1) is 13.8 Å². The summed E-state index contributed by atoms with van der Waals surface area (Å²) in [6.07, 6.45) is 0.766. The first-order chi connectivity index (χ1) is 17.2. The summed E-state index contributed by atoms with van der Waals surface area (Å²) < 4.78 is 33.8. The molecule has 1 N–H and O–H groups in total. The zero-order valence-electron chi connectivity index (χ0n) is 20.7. The highest BCUT2D eigenvalue weighted by molar-refractivity contribution is 7.98. The number of methoxy groups -OCH3 is 1. The number of nitrogens with zero attached hydrogens (tertiary/aromatic N) is 1. The topological polar surface area (TPSA) is 75.7 Å². The maximum atomic E-state index is 13.6. The normalized spacial score (nSPS) is 11.2. The molecule has 36 heavy (non-hydrogen) atoms. The molecule has 0 spiro atoms. The summed E-state index contributed by atoms with van der Waals surface area (Å²) >= 11 is 7.68. The van der Waals surface area contributed by atoms with Crippen LogP contribution in [0.5, 0.6) is 5.75 Å². The van der Waals surface area contributed by atoms with E-state index in [1.165, 1.54) is 12.7 Å². The van der Waals surface area contributed by atoms with E-state index in [9.17, 15) is 13.2 Å². The van der Waals surface area contributed by atoms with E-state index in [0.29, 0.717) is 23.0 Å². The molecule has 0 fully saturated rings. The van der Waals surface area contributed by atoms with Crippen molar-refractivity contribution in [2.24, 2.45) is 0 Å². The Labute approximate surface area is 223 Å². The molecule has 3 rings (SSSR count). The van der Waals surface area contributed by atoms with E-state index < -0.39 is 10.0 Å². The zero-order valence-corrected chi connectivity index (χ0v) is 23.0. The zero-order chi connectivity index (χ0) is 26.1. The quantitative estimate of drug-likeness (QED) is 0.299. The monoisotopic (exact) mass is 546 g/mol. The fourth-order valence-electron chi connectivity index (χ4n) is 3.49. The van der Waals surface area contributed by atoms with Crippen molar-refractivity contribution >= 4 is 45.0 Å². The molecule has 3 aromatic rings. The number of amides is 1. The third kappa shape index (κ3) is 7.66. The van der Waals surface area contributed by atoms with Crippen molar-refractivity contribution in [3.05, 3.63) is 88.4 Å². The molecule has 0 aliphatic heterocycles. The predicted molar refractivity (Wildman–Crippen MR) is 149 cm³/mol. The number of rotatable bonds is 12. The Balaban J connectivity index is 1.66. The van der Waals surface area contributed by atoms with Gasteiger partial charge in [-0.15, -0.1) is 0 Å². The van der Waals surface area contributed by atoms with Gasteiger partial charge in [-0.05, 0) is 73.5 Å². The Morgan fingerprint density at radius 3 is 2.33 bits per heavy atom. The van der Waals surface area contributed by atoms with Crippen LogP contribution in [0.25, 0.3) is 0 Å². The smallest absolute Gasteiger partial charge is 0.264 e. The van der Waals surface area contributed by atoms with Crippen LogP contribution in [0.4, 0.5) is 5.69 Å². The predicted octanol–water partition coefficient (Wildman–Crippen LogP) is 5.60. The van der Waals surface area contributed by atoms with Gasteiger partial charge < -0.3 is 10.1 Å². The van der Waals surface area contributed by atoms with E-state index in [2.05, 4.69) is 5.32 Å². The van der Waals surface area contributed by atoms with Gasteiger partial charge in [0.2, 0.25) is 5.91 Å². The molecule has 192 valence electrons. The molecule has 0 saturated carbocycles. The molecule has 0 radical (unpaired) electrons. The molecule has 0 unspecified atom stereocenters. The van der Waals surface area contributed by atoms with Crippen LogP contribution < -0.4 is 14.4 Å². The van der Waals surface area contributed by atoms with Crippen molar-refractivity contribution < 1.29 is 17.9 Å². The van der Waals surface area contributed by atoms with Crippen LogP contribution >= 0.6 is 23.4 Å². The standard InChI is InChI=1S/C27H31ClN2O4S2/c1-20-5-12-24(13-6-20)36(32,33)30(25-17-21(2)7-14-26(25)34-3)18-27(31)29-15-4-16-35-19-22-8-10-23(28)11-9-22/h5-14,17H,4,15-16,18-19H2,1-3H3,(H,29,31). The van der Waals surface area contributed by atoms with E-state index in [-0.39, 0.29) is 17.3 Å². The van der Waals surface area contributed by atoms with Gasteiger partial charge in [0.05, 0.1) is 17.7 Å². The van der Waals surface area contributed by atoms with Gasteiger partial charge in [-0.2, -0.15) is 11.8 Å². The lowest BCUT2D eigenvalue weighted by Crippen LogP contribution is -2.41. The Bertz CT molecular complexity index is 1260. The van der Waals surface area contributed by atoms with Crippen molar-refractivity contribution in [2.75, 3.05) is 30.3 Å². The molecule has 0 aromatic heterocycles. The average molecular weight is 547 g/mol. The second-order valence-corrected chi connectivity index (χ2v) is 11.8. The molecule has 0 atom stereocenters. The lowest BCUT2D eigenvalue weighted by molar-refractivity contribution is -0.119. The lowest BCUT2D eigenvalue weighted by atomic mass is 10.2. The van der Waals surface area contributed by atoms with E-state index in [4.69, 9.17) is 16.3 Å². The summed E-state index contributed by atoms with van der Waals surface area (Å²) in [6, 6.07) is 19.6. The van der Waals surface area contributed by atoms with Crippen LogP contribution in [-0.2, 0) is 20.6 Å². The molecule has 3 aromatic carbocycles. The van der Waals surface area contributed by atoms with Crippen molar-refractivity contribution in [2.45, 2.75) is 30.9 Å². The number of thioether (sulfide) groups is 1. The van der Waals surface area contributed by atoms with Crippen LogP contribution in [-0.4, -0.2) is 40.3 Å². The SMILES string of the molecule is COc1ccc(C)cc1N(CC(=O)NCCCSCc1ccc(Cl)cc1)S(=O)(=O)c1ccc(C)cc1. The molecular formula is C27H31ClN2O4S2. The van der Waals surface area contributed by atoms with Crippen molar-refractivity contribution in [1.29, 1.82) is 0 Å². The van der Waals surface area contributed by atoms with Gasteiger partial charge in [-0.3, -0.25) is 9.10 Å². The third-order valence-corrected chi connectivity index (χ3v) is 8.61. The van der Waals surface area contributed by atoms with Crippen LogP contribution in [0.3, 0.4) is 0 Å². The average Bonchev–Trinajstić information content (AvgIpc) is 2.86. The van der Waals surface area contributed by atoms with E-state index in [0.717, 1.165) is 33.4 Å². The fraction of sp³-hybridized carbons (Fsp3) is 0.296. The molecule has 0 heterocycles. The van der Waals surface area contributed by atoms with Crippen LogP contribution in [0.2, 0.25) is 5.02 Å². The Morgan fingerprint density at radius 1 is 1.00 bits per heavy atom. The van der Waals surface area contributed by atoms with Gasteiger partial charge in [0, 0.05) is 17.3 Å². The van der Waals surface area contributed by atoms with Gasteiger partial charge in [0.15, 0.2) is 0 Å². The first kappa shape index (κ1) is 27.9. The summed E-state index contributed by atoms with van der Waals surface area (Å²) in [5.41, 5.74) is 3.32. The number of benzene rings is 3. The summed E-state index contributed by atoms with van der Waals surface area (Å²) in [5, 5.41) is 3.57. The number of aryl methyl sites for hydroxylation is 2. The summed E-state index contributed by atoms with van der Waals surface area (Å²) in [7, 11) is -2.53. The fourth-order valence-corrected chi connectivity index (χ4v) is 5.96. The maximum absolute atomic E-state index is 13.6. The molecular weight excluding hydrogens is 516 g/mol. The first-order valence-electron chi connectivity index (χ1n) is 11.5. The Morgan fingerprint density at radius 2 is 1.67 bits per heavy atom. The second-order valence-electron chi connectivity index (χ2n) is 8.38. The largest absolute Gasteiger partial charge is 0.495 e. The van der Waals surface area contributed by atoms with Crippen molar-refractivity contribution in [3.63, 3.8) is 0 Å². The molecule has 9 heteroatoms. The van der Waals surface area contributed by atoms with Gasteiger partial charge in [-0.25, -0.2) is 8.42 Å². The molecule has 1 amide bonds. The van der Waals surface area contributed by atoms with Gasteiger partial charge >= 0.3 is 0 Å². The number of ether oxygens (including phenoxy) is 1. The highest BCUT2D eigenvalue weighted by Gasteiger charge is 2.29. The lowest BCUT2D eigenvalue weighted by Gasteiger charge is -2.26. The number of nitrogens with one attached hydrogen (secondary N) is 1. The number of anilines is 1. The van der Waals surface area contributed by atoms with Gasteiger partial charge in [0.1, 0.15) is 12.3 Å². The van der Waals surface area contributed by atoms with Crippen molar-refractivity contribution in [1.82, 2.24) is 5.32 Å². The van der Waals surface area contributed by atoms with E-state index in [1.807, 2.05) is 44.2 Å². The number of hydrogen-bond acceptors (Lipinski definition) is 5. The van der Waals surface area contributed by atoms with Crippen molar-refractivity contribution in [3.8, 4) is 5.75 Å². The maximum Gasteiger partial charge on any atom is 0.264 e.